The van der Waals surface area contributed by atoms with Crippen molar-refractivity contribution in [3.63, 3.8) is 0 Å². The van der Waals surface area contributed by atoms with Gasteiger partial charge in [0.25, 0.3) is 5.91 Å². The second-order valence-electron chi connectivity index (χ2n) is 7.03. The fraction of sp³-hybridized carbons (Fsp3) is 0.474. The van der Waals surface area contributed by atoms with Crippen LogP contribution in [-0.2, 0) is 0 Å². The molecule has 0 radical (unpaired) electrons. The second kappa shape index (κ2) is 8.48. The van der Waals surface area contributed by atoms with E-state index in [-0.39, 0.29) is 30.2 Å². The minimum absolute atomic E-state index is 0.0463. The van der Waals surface area contributed by atoms with Gasteiger partial charge in [-0.1, -0.05) is 0 Å². The third-order valence-electron chi connectivity index (χ3n) is 5.03. The van der Waals surface area contributed by atoms with Crippen molar-refractivity contribution in [2.75, 3.05) is 0 Å². The smallest absolute Gasteiger partial charge is 0.414 e. The normalized spacial score (nSPS) is 21.2. The van der Waals surface area contributed by atoms with E-state index in [9.17, 15) is 31.9 Å². The van der Waals surface area contributed by atoms with E-state index in [0.29, 0.717) is 23.7 Å². The highest BCUT2D eigenvalue weighted by atomic mass is 19.4. The SMILES string of the molecule is O=C(N[C@H]1CC[C@H]([C@H](O)C(F)(F)F)CC1)c1cnc2cc(OC(F)F)ccc2c1. The first-order valence-electron chi connectivity index (χ1n) is 9.04. The van der Waals surface area contributed by atoms with Crippen molar-refractivity contribution in [1.82, 2.24) is 10.3 Å². The van der Waals surface area contributed by atoms with Gasteiger partial charge in [0.05, 0.1) is 11.1 Å². The Bertz CT molecular complexity index is 867. The summed E-state index contributed by atoms with van der Waals surface area (Å²) in [6, 6.07) is 5.42. The number of rotatable bonds is 5. The van der Waals surface area contributed by atoms with E-state index in [1.807, 2.05) is 0 Å². The van der Waals surface area contributed by atoms with Crippen LogP contribution in [0.1, 0.15) is 36.0 Å². The highest BCUT2D eigenvalue weighted by molar-refractivity contribution is 5.97. The van der Waals surface area contributed by atoms with Gasteiger partial charge in [0.1, 0.15) is 5.75 Å². The molecule has 1 aromatic carbocycles. The van der Waals surface area contributed by atoms with E-state index in [1.165, 1.54) is 24.4 Å². The molecule has 1 amide bonds. The fourth-order valence-electron chi connectivity index (χ4n) is 3.52. The first-order chi connectivity index (χ1) is 13.6. The van der Waals surface area contributed by atoms with E-state index in [2.05, 4.69) is 15.0 Å². The van der Waals surface area contributed by atoms with Gasteiger partial charge in [0.2, 0.25) is 0 Å². The lowest BCUT2D eigenvalue weighted by Gasteiger charge is -2.32. The highest BCUT2D eigenvalue weighted by Gasteiger charge is 2.44. The number of ether oxygens (including phenoxy) is 1. The number of nitrogens with one attached hydrogen (secondary N) is 1. The number of aliphatic hydroxyl groups is 1. The summed E-state index contributed by atoms with van der Waals surface area (Å²) in [6.07, 6.45) is -4.70. The van der Waals surface area contributed by atoms with Crippen LogP contribution in [0.5, 0.6) is 5.75 Å². The number of fused-ring (bicyclic) bond motifs is 1. The summed E-state index contributed by atoms with van der Waals surface area (Å²) in [4.78, 5) is 16.5. The second-order valence-corrected chi connectivity index (χ2v) is 7.03. The number of alkyl halides is 5. The number of amides is 1. The number of carbonyl (C=O) groups is 1. The lowest BCUT2D eigenvalue weighted by molar-refractivity contribution is -0.222. The number of pyridine rings is 1. The van der Waals surface area contributed by atoms with Gasteiger partial charge in [0, 0.05) is 23.7 Å². The molecule has 0 spiro atoms. The zero-order chi connectivity index (χ0) is 21.2. The van der Waals surface area contributed by atoms with Crippen LogP contribution in [0, 0.1) is 5.92 Å². The number of carbonyl (C=O) groups excluding carboxylic acids is 1. The number of hydrogen-bond donors (Lipinski definition) is 2. The van der Waals surface area contributed by atoms with Gasteiger partial charge < -0.3 is 15.2 Å². The predicted molar refractivity (Wildman–Crippen MR) is 93.6 cm³/mol. The van der Waals surface area contributed by atoms with E-state index in [0.717, 1.165) is 0 Å². The Hall–Kier alpha value is -2.49. The Morgan fingerprint density at radius 3 is 2.48 bits per heavy atom. The predicted octanol–water partition coefficient (Wildman–Crippen LogP) is 4.05. The summed E-state index contributed by atoms with van der Waals surface area (Å²) >= 11 is 0. The summed E-state index contributed by atoms with van der Waals surface area (Å²) in [5.74, 6) is -1.34. The molecule has 0 unspecified atom stereocenters. The first kappa shape index (κ1) is 21.2. The zero-order valence-corrected chi connectivity index (χ0v) is 15.1. The highest BCUT2D eigenvalue weighted by Crippen LogP contribution is 2.34. The molecule has 1 aromatic heterocycles. The number of hydrogen-bond acceptors (Lipinski definition) is 4. The van der Waals surface area contributed by atoms with Gasteiger partial charge in [-0.05, 0) is 49.8 Å². The minimum Gasteiger partial charge on any atom is -0.435 e. The molecule has 1 atom stereocenters. The summed E-state index contributed by atoms with van der Waals surface area (Å²) in [5, 5.41) is 12.7. The van der Waals surface area contributed by atoms with Crippen molar-refractivity contribution >= 4 is 16.8 Å². The number of nitrogens with zero attached hydrogens (tertiary/aromatic N) is 1. The fourth-order valence-corrected chi connectivity index (χ4v) is 3.52. The number of halogens is 5. The molecule has 0 bridgehead atoms. The summed E-state index contributed by atoms with van der Waals surface area (Å²) in [7, 11) is 0. The van der Waals surface area contributed by atoms with Crippen LogP contribution in [0.3, 0.4) is 0 Å². The summed E-state index contributed by atoms with van der Waals surface area (Å²) in [6.45, 7) is -2.95. The van der Waals surface area contributed by atoms with Crippen LogP contribution in [0.2, 0.25) is 0 Å². The zero-order valence-electron chi connectivity index (χ0n) is 15.1. The molecule has 10 heteroatoms. The lowest BCUT2D eigenvalue weighted by atomic mass is 9.82. The van der Waals surface area contributed by atoms with Gasteiger partial charge in [-0.3, -0.25) is 9.78 Å². The van der Waals surface area contributed by atoms with Crippen molar-refractivity contribution in [3.05, 3.63) is 36.0 Å². The van der Waals surface area contributed by atoms with Gasteiger partial charge in [0.15, 0.2) is 6.10 Å². The maximum atomic E-state index is 12.6. The van der Waals surface area contributed by atoms with Gasteiger partial charge >= 0.3 is 12.8 Å². The van der Waals surface area contributed by atoms with Crippen LogP contribution >= 0.6 is 0 Å². The van der Waals surface area contributed by atoms with E-state index < -0.39 is 30.7 Å². The van der Waals surface area contributed by atoms with Gasteiger partial charge in [-0.2, -0.15) is 22.0 Å². The molecule has 0 saturated heterocycles. The van der Waals surface area contributed by atoms with Crippen molar-refractivity contribution in [2.24, 2.45) is 5.92 Å². The standard InChI is InChI=1S/C19H19F5N2O3/c20-18(21)29-14-6-3-11-7-12(9-25-15(11)8-14)17(28)26-13-4-1-10(2-5-13)16(27)19(22,23)24/h3,6-10,13,16,18,27H,1-2,4-5H2,(H,26,28)/t10-,13-,16-/m0/s1. The van der Waals surface area contributed by atoms with Crippen LogP contribution in [0.25, 0.3) is 10.9 Å². The molecule has 2 N–H and O–H groups in total. The molecule has 29 heavy (non-hydrogen) atoms. The monoisotopic (exact) mass is 418 g/mol. The largest absolute Gasteiger partial charge is 0.435 e. The topological polar surface area (TPSA) is 71.5 Å². The third kappa shape index (κ3) is 5.31. The molecular weight excluding hydrogens is 399 g/mol. The number of aromatic nitrogens is 1. The van der Waals surface area contributed by atoms with E-state index in [4.69, 9.17) is 0 Å². The maximum Gasteiger partial charge on any atom is 0.414 e. The molecule has 2 aromatic rings. The number of aliphatic hydroxyl groups excluding tert-OH is 1. The molecule has 1 heterocycles. The third-order valence-corrected chi connectivity index (χ3v) is 5.03. The number of benzene rings is 1. The first-order valence-corrected chi connectivity index (χ1v) is 9.04. The Kier molecular flexibility index (Phi) is 6.21. The molecular formula is C19H19F5N2O3. The average molecular weight is 418 g/mol. The van der Waals surface area contributed by atoms with Crippen molar-refractivity contribution < 1.29 is 36.6 Å². The van der Waals surface area contributed by atoms with Crippen molar-refractivity contribution in [3.8, 4) is 5.75 Å². The maximum absolute atomic E-state index is 12.6. The van der Waals surface area contributed by atoms with Gasteiger partial charge in [-0.15, -0.1) is 0 Å². The molecule has 5 nitrogen and oxygen atoms in total. The molecule has 1 aliphatic carbocycles. The molecule has 0 aliphatic heterocycles. The summed E-state index contributed by atoms with van der Waals surface area (Å²) in [5.41, 5.74) is 0.624. The quantitative estimate of drug-likeness (QED) is 0.719. The molecule has 1 saturated carbocycles. The average Bonchev–Trinajstić information content (AvgIpc) is 2.66. The Morgan fingerprint density at radius 2 is 1.86 bits per heavy atom. The Balaban J connectivity index is 1.60. The lowest BCUT2D eigenvalue weighted by Crippen LogP contribution is -2.42. The van der Waals surface area contributed by atoms with E-state index in [1.54, 1.807) is 6.07 Å². The van der Waals surface area contributed by atoms with Crippen LogP contribution in [0.15, 0.2) is 30.5 Å². The Morgan fingerprint density at radius 1 is 1.17 bits per heavy atom. The summed E-state index contributed by atoms with van der Waals surface area (Å²) < 4.78 is 66.7. The van der Waals surface area contributed by atoms with Crippen molar-refractivity contribution in [1.29, 1.82) is 0 Å². The minimum atomic E-state index is -4.64. The van der Waals surface area contributed by atoms with Gasteiger partial charge in [-0.25, -0.2) is 0 Å². The molecule has 1 aliphatic rings. The Labute approximate surface area is 162 Å². The van der Waals surface area contributed by atoms with Crippen LogP contribution in [-0.4, -0.2) is 40.9 Å². The van der Waals surface area contributed by atoms with E-state index >= 15 is 0 Å². The van der Waals surface area contributed by atoms with Crippen molar-refractivity contribution in [2.45, 2.75) is 50.6 Å². The van der Waals surface area contributed by atoms with Crippen LogP contribution in [0.4, 0.5) is 22.0 Å². The molecule has 3 rings (SSSR count). The van der Waals surface area contributed by atoms with Crippen LogP contribution < -0.4 is 10.1 Å². The molecule has 158 valence electrons. The molecule has 1 fully saturated rings.